The number of hydrogen-bond acceptors (Lipinski definition) is 6. The van der Waals surface area contributed by atoms with Gasteiger partial charge >= 0.3 is 5.63 Å². The average molecular weight is 222 g/mol. The van der Waals surface area contributed by atoms with Gasteiger partial charge < -0.3 is 4.42 Å². The molecule has 0 fully saturated rings. The first-order valence-corrected chi connectivity index (χ1v) is 4.24. The fraction of sp³-hybridized carbons (Fsp3) is 0. The monoisotopic (exact) mass is 222 g/mol. The van der Waals surface area contributed by atoms with E-state index in [1.165, 1.54) is 24.3 Å². The second-order valence-electron chi connectivity index (χ2n) is 3.04. The normalized spacial score (nSPS) is 10.3. The number of fused-ring (bicyclic) bond motifs is 1. The molecule has 0 radical (unpaired) electrons. The number of benzene rings is 1. The summed E-state index contributed by atoms with van der Waals surface area (Å²) in [6.07, 6.45) is 0. The largest absolute Gasteiger partial charge is 0.421 e. The molecule has 0 aliphatic carbocycles. The van der Waals surface area contributed by atoms with Crippen LogP contribution in [0.5, 0.6) is 0 Å². The van der Waals surface area contributed by atoms with Crippen LogP contribution in [0.3, 0.4) is 0 Å². The van der Waals surface area contributed by atoms with E-state index in [0.29, 0.717) is 5.39 Å². The van der Waals surface area contributed by atoms with Gasteiger partial charge in [-0.2, -0.15) is 0 Å². The first kappa shape index (κ1) is 10.1. The van der Waals surface area contributed by atoms with Crippen molar-refractivity contribution in [2.24, 2.45) is 0 Å². The molecule has 2 N–H and O–H groups in total. The molecule has 7 heteroatoms. The lowest BCUT2D eigenvalue weighted by molar-refractivity contribution is -0.384. The summed E-state index contributed by atoms with van der Waals surface area (Å²) in [7, 11) is 0. The third kappa shape index (κ3) is 1.59. The van der Waals surface area contributed by atoms with E-state index in [-0.39, 0.29) is 17.0 Å². The summed E-state index contributed by atoms with van der Waals surface area (Å²) in [6.45, 7) is 0. The number of hydrogen-bond donors (Lipinski definition) is 2. The fourth-order valence-corrected chi connectivity index (χ4v) is 1.30. The maximum absolute atomic E-state index is 11.2. The van der Waals surface area contributed by atoms with Crippen molar-refractivity contribution in [2.75, 3.05) is 5.48 Å². The molecule has 1 heterocycles. The lowest BCUT2D eigenvalue weighted by atomic mass is 10.2. The predicted molar refractivity (Wildman–Crippen MR) is 54.5 cm³/mol. The van der Waals surface area contributed by atoms with Gasteiger partial charge in [0.2, 0.25) is 0 Å². The second-order valence-corrected chi connectivity index (χ2v) is 3.04. The highest BCUT2D eigenvalue weighted by atomic mass is 16.6. The van der Waals surface area contributed by atoms with Crippen LogP contribution >= 0.6 is 0 Å². The molecular formula is C9H6N2O5. The Morgan fingerprint density at radius 2 is 2.12 bits per heavy atom. The molecule has 0 aliphatic rings. The smallest absolute Gasteiger partial charge is 0.362 e. The number of nitro groups is 1. The van der Waals surface area contributed by atoms with E-state index in [9.17, 15) is 14.9 Å². The van der Waals surface area contributed by atoms with E-state index in [4.69, 9.17) is 9.62 Å². The van der Waals surface area contributed by atoms with Gasteiger partial charge in [-0.1, -0.05) is 0 Å². The first-order valence-electron chi connectivity index (χ1n) is 4.24. The molecular weight excluding hydrogens is 216 g/mol. The maximum Gasteiger partial charge on any atom is 0.362 e. The Kier molecular flexibility index (Phi) is 2.29. The summed E-state index contributed by atoms with van der Waals surface area (Å²) in [5.74, 6) is 0. The Morgan fingerprint density at radius 1 is 1.38 bits per heavy atom. The van der Waals surface area contributed by atoms with Gasteiger partial charge in [-0.15, -0.1) is 0 Å². The Bertz CT molecular complexity index is 619. The third-order valence-corrected chi connectivity index (χ3v) is 2.05. The highest BCUT2D eigenvalue weighted by Crippen LogP contribution is 2.21. The Morgan fingerprint density at radius 3 is 2.75 bits per heavy atom. The highest BCUT2D eigenvalue weighted by molar-refractivity contribution is 5.81. The molecule has 1 aromatic carbocycles. The summed E-state index contributed by atoms with van der Waals surface area (Å²) in [5, 5.41) is 19.5. The number of rotatable bonds is 2. The minimum absolute atomic E-state index is 0.120. The summed E-state index contributed by atoms with van der Waals surface area (Å²) in [6, 6.07) is 5.08. The summed E-state index contributed by atoms with van der Waals surface area (Å²) < 4.78 is 4.82. The van der Waals surface area contributed by atoms with E-state index in [1.807, 2.05) is 0 Å². The zero-order chi connectivity index (χ0) is 11.7. The Balaban J connectivity index is 2.73. The van der Waals surface area contributed by atoms with E-state index < -0.39 is 10.5 Å². The minimum Gasteiger partial charge on any atom is -0.421 e. The molecule has 0 saturated heterocycles. The zero-order valence-corrected chi connectivity index (χ0v) is 7.84. The van der Waals surface area contributed by atoms with Crippen LogP contribution in [-0.4, -0.2) is 10.1 Å². The SMILES string of the molecule is O=c1oc2ccc([N+](=O)[O-])cc2cc1NO. The van der Waals surface area contributed by atoms with Gasteiger partial charge in [0.1, 0.15) is 11.3 Å². The van der Waals surface area contributed by atoms with Gasteiger partial charge in [0.15, 0.2) is 0 Å². The van der Waals surface area contributed by atoms with Gasteiger partial charge in [-0.3, -0.25) is 20.8 Å². The zero-order valence-electron chi connectivity index (χ0n) is 7.84. The van der Waals surface area contributed by atoms with Crippen LogP contribution in [0.25, 0.3) is 11.0 Å². The van der Waals surface area contributed by atoms with Crippen molar-refractivity contribution in [1.29, 1.82) is 0 Å². The Hall–Kier alpha value is -2.41. The van der Waals surface area contributed by atoms with E-state index in [0.717, 1.165) is 0 Å². The molecule has 0 bridgehead atoms. The van der Waals surface area contributed by atoms with Gasteiger partial charge in [0, 0.05) is 17.5 Å². The molecule has 2 rings (SSSR count). The molecule has 0 aliphatic heterocycles. The predicted octanol–water partition coefficient (Wildman–Crippen LogP) is 1.50. The molecule has 7 nitrogen and oxygen atoms in total. The molecule has 1 aromatic heterocycles. The standard InChI is InChI=1S/C9H6N2O5/c12-9-7(10-13)4-5-3-6(11(14)15)1-2-8(5)16-9/h1-4,10,13H. The Labute approximate surface area is 88.0 Å². The van der Waals surface area contributed by atoms with E-state index in [1.54, 1.807) is 5.48 Å². The van der Waals surface area contributed by atoms with E-state index in [2.05, 4.69) is 0 Å². The van der Waals surface area contributed by atoms with Crippen LogP contribution in [0.4, 0.5) is 11.4 Å². The molecule has 16 heavy (non-hydrogen) atoms. The molecule has 0 amide bonds. The number of nitro benzene ring substituents is 1. The summed E-state index contributed by atoms with van der Waals surface area (Å²) in [5.41, 5.74) is 0.837. The van der Waals surface area contributed by atoms with Gasteiger partial charge in [-0.05, 0) is 12.1 Å². The number of nitrogens with one attached hydrogen (secondary N) is 1. The van der Waals surface area contributed by atoms with Gasteiger partial charge in [0.25, 0.3) is 5.69 Å². The minimum atomic E-state index is -0.746. The summed E-state index contributed by atoms with van der Waals surface area (Å²) in [4.78, 5) is 21.1. The molecule has 0 unspecified atom stereocenters. The first-order chi connectivity index (χ1) is 7.61. The quantitative estimate of drug-likeness (QED) is 0.453. The average Bonchev–Trinajstić information content (AvgIpc) is 2.27. The lowest BCUT2D eigenvalue weighted by Crippen LogP contribution is -2.06. The van der Waals surface area contributed by atoms with Crippen molar-refractivity contribution in [3.63, 3.8) is 0 Å². The van der Waals surface area contributed by atoms with Crippen LogP contribution in [0.15, 0.2) is 33.5 Å². The van der Waals surface area contributed by atoms with Gasteiger partial charge in [-0.25, -0.2) is 4.79 Å². The van der Waals surface area contributed by atoms with Gasteiger partial charge in [0.05, 0.1) is 4.92 Å². The fourth-order valence-electron chi connectivity index (χ4n) is 1.30. The van der Waals surface area contributed by atoms with Crippen LogP contribution in [0.1, 0.15) is 0 Å². The van der Waals surface area contributed by atoms with Crippen molar-refractivity contribution >= 4 is 22.3 Å². The van der Waals surface area contributed by atoms with Crippen molar-refractivity contribution in [3.05, 3.63) is 44.8 Å². The maximum atomic E-state index is 11.2. The molecule has 0 atom stereocenters. The second kappa shape index (κ2) is 3.63. The molecule has 82 valence electrons. The number of nitrogens with zero attached hydrogens (tertiary/aromatic N) is 1. The van der Waals surface area contributed by atoms with Crippen LogP contribution in [0, 0.1) is 10.1 Å². The highest BCUT2D eigenvalue weighted by Gasteiger charge is 2.09. The van der Waals surface area contributed by atoms with Crippen LogP contribution in [-0.2, 0) is 0 Å². The number of anilines is 1. The molecule has 0 spiro atoms. The van der Waals surface area contributed by atoms with Crippen molar-refractivity contribution in [2.45, 2.75) is 0 Å². The van der Waals surface area contributed by atoms with Crippen molar-refractivity contribution in [3.8, 4) is 0 Å². The molecule has 2 aromatic rings. The van der Waals surface area contributed by atoms with E-state index >= 15 is 0 Å². The topological polar surface area (TPSA) is 106 Å². The van der Waals surface area contributed by atoms with Crippen molar-refractivity contribution < 1.29 is 14.5 Å². The van der Waals surface area contributed by atoms with Crippen molar-refractivity contribution in [1.82, 2.24) is 0 Å². The molecule has 0 saturated carbocycles. The van der Waals surface area contributed by atoms with Crippen LogP contribution < -0.4 is 11.1 Å². The van der Waals surface area contributed by atoms with Crippen LogP contribution in [0.2, 0.25) is 0 Å². The lowest BCUT2D eigenvalue weighted by Gasteiger charge is -1.99. The number of non-ortho nitro benzene ring substituents is 1. The summed E-state index contributed by atoms with van der Waals surface area (Å²) >= 11 is 0. The third-order valence-electron chi connectivity index (χ3n) is 2.05.